The van der Waals surface area contributed by atoms with Crippen molar-refractivity contribution < 1.29 is 0 Å². The smallest absolute Gasteiger partial charge is 0.00509 e. The molecule has 0 aliphatic carbocycles. The fourth-order valence-electron chi connectivity index (χ4n) is 1.81. The third-order valence-corrected chi connectivity index (χ3v) is 4.53. The molecule has 0 saturated heterocycles. The average Bonchev–Trinajstić information content (AvgIpc) is 2.73. The minimum absolute atomic E-state index is 0.757. The molecule has 1 N–H and O–H groups in total. The Morgan fingerprint density at radius 2 is 1.81 bits per heavy atom. The van der Waals surface area contributed by atoms with Crippen LogP contribution in [0.1, 0.15) is 37.4 Å². The van der Waals surface area contributed by atoms with Crippen LogP contribution in [0.15, 0.2) is 12.1 Å². The molecule has 1 rings (SSSR count). The summed E-state index contributed by atoms with van der Waals surface area (Å²) in [5, 5.41) is 3.43. The summed E-state index contributed by atoms with van der Waals surface area (Å²) in [5.74, 6) is 1.52. The average molecular weight is 239 g/mol. The van der Waals surface area contributed by atoms with Gasteiger partial charge in [0.2, 0.25) is 0 Å². The molecule has 0 saturated carbocycles. The second-order valence-electron chi connectivity index (χ2n) is 4.69. The fraction of sp³-hybridized carbons (Fsp3) is 0.714. The van der Waals surface area contributed by atoms with Crippen LogP contribution in [0, 0.1) is 11.8 Å². The van der Waals surface area contributed by atoms with Gasteiger partial charge in [0.25, 0.3) is 0 Å². The highest BCUT2D eigenvalue weighted by Crippen LogP contribution is 2.23. The van der Waals surface area contributed by atoms with Crippen molar-refractivity contribution in [1.82, 2.24) is 5.32 Å². The minimum Gasteiger partial charge on any atom is -0.317 e. The number of aryl methyl sites for hydroxylation is 1. The number of hydrogen-bond donors (Lipinski definition) is 1. The van der Waals surface area contributed by atoms with Crippen LogP contribution in [0.3, 0.4) is 0 Å². The van der Waals surface area contributed by atoms with E-state index < -0.39 is 0 Å². The van der Waals surface area contributed by atoms with Crippen molar-refractivity contribution in [1.29, 1.82) is 0 Å². The van der Waals surface area contributed by atoms with E-state index in [1.165, 1.54) is 17.7 Å². The van der Waals surface area contributed by atoms with Gasteiger partial charge >= 0.3 is 0 Å². The van der Waals surface area contributed by atoms with E-state index in [2.05, 4.69) is 45.1 Å². The summed E-state index contributed by atoms with van der Waals surface area (Å²) in [4.78, 5) is 3.06. The Morgan fingerprint density at radius 1 is 1.12 bits per heavy atom. The number of thiophene rings is 1. The molecular formula is C14H25NS. The molecule has 2 unspecified atom stereocenters. The third-order valence-electron chi connectivity index (χ3n) is 3.28. The molecule has 0 fully saturated rings. The monoisotopic (exact) mass is 239 g/mol. The molecule has 1 nitrogen and oxygen atoms in total. The van der Waals surface area contributed by atoms with Crippen LogP contribution in [0.25, 0.3) is 0 Å². The standard InChI is InChI=1S/C14H25NS/c1-5-13-7-8-14(16-13)9-11(3)12(4)10-15-6-2/h7-8,11-12,15H,5-6,9-10H2,1-4H3. The maximum atomic E-state index is 3.43. The lowest BCUT2D eigenvalue weighted by atomic mass is 9.92. The van der Waals surface area contributed by atoms with E-state index >= 15 is 0 Å². The molecular weight excluding hydrogens is 214 g/mol. The van der Waals surface area contributed by atoms with Gasteiger partial charge in [-0.2, -0.15) is 0 Å². The number of nitrogens with one attached hydrogen (secondary N) is 1. The lowest BCUT2D eigenvalue weighted by Gasteiger charge is -2.19. The summed E-state index contributed by atoms with van der Waals surface area (Å²) >= 11 is 1.98. The van der Waals surface area contributed by atoms with Crippen LogP contribution in [0.5, 0.6) is 0 Å². The van der Waals surface area contributed by atoms with Gasteiger partial charge in [-0.15, -0.1) is 11.3 Å². The summed E-state index contributed by atoms with van der Waals surface area (Å²) in [5.41, 5.74) is 0. The van der Waals surface area contributed by atoms with Gasteiger partial charge in [-0.25, -0.2) is 0 Å². The zero-order valence-electron chi connectivity index (χ0n) is 11.0. The van der Waals surface area contributed by atoms with Crippen LogP contribution in [-0.2, 0) is 12.8 Å². The Balaban J connectivity index is 2.40. The molecule has 1 aromatic rings. The van der Waals surface area contributed by atoms with Crippen LogP contribution >= 0.6 is 11.3 Å². The van der Waals surface area contributed by atoms with Gasteiger partial charge in [-0.05, 0) is 49.9 Å². The van der Waals surface area contributed by atoms with Gasteiger partial charge in [0.05, 0.1) is 0 Å². The number of rotatable bonds is 7. The fourth-order valence-corrected chi connectivity index (χ4v) is 2.91. The summed E-state index contributed by atoms with van der Waals surface area (Å²) in [6.07, 6.45) is 2.41. The second-order valence-corrected chi connectivity index (χ2v) is 5.94. The van der Waals surface area contributed by atoms with E-state index in [-0.39, 0.29) is 0 Å². The SMILES string of the molecule is CCNCC(C)C(C)Cc1ccc(CC)s1. The lowest BCUT2D eigenvalue weighted by Crippen LogP contribution is -2.25. The van der Waals surface area contributed by atoms with Gasteiger partial charge in [0.1, 0.15) is 0 Å². The number of hydrogen-bond acceptors (Lipinski definition) is 2. The molecule has 0 spiro atoms. The predicted molar refractivity (Wildman–Crippen MR) is 74.3 cm³/mol. The highest BCUT2D eigenvalue weighted by Gasteiger charge is 2.13. The molecule has 1 aromatic heterocycles. The molecule has 0 amide bonds. The Bertz CT molecular complexity index is 293. The van der Waals surface area contributed by atoms with Crippen molar-refractivity contribution in [3.05, 3.63) is 21.9 Å². The summed E-state index contributed by atoms with van der Waals surface area (Å²) in [7, 11) is 0. The van der Waals surface area contributed by atoms with Crippen molar-refractivity contribution in [2.75, 3.05) is 13.1 Å². The molecule has 0 bridgehead atoms. The molecule has 0 aliphatic rings. The zero-order valence-corrected chi connectivity index (χ0v) is 11.9. The van der Waals surface area contributed by atoms with Gasteiger partial charge in [0.15, 0.2) is 0 Å². The van der Waals surface area contributed by atoms with E-state index in [0.717, 1.165) is 24.9 Å². The van der Waals surface area contributed by atoms with E-state index in [0.29, 0.717) is 0 Å². The molecule has 0 aromatic carbocycles. The van der Waals surface area contributed by atoms with Crippen molar-refractivity contribution in [3.63, 3.8) is 0 Å². The van der Waals surface area contributed by atoms with Crippen LogP contribution < -0.4 is 5.32 Å². The summed E-state index contributed by atoms with van der Waals surface area (Å²) in [6.45, 7) is 11.3. The third kappa shape index (κ3) is 4.26. The molecule has 16 heavy (non-hydrogen) atoms. The quantitative estimate of drug-likeness (QED) is 0.764. The molecule has 0 aliphatic heterocycles. The van der Waals surface area contributed by atoms with Gasteiger partial charge in [-0.3, -0.25) is 0 Å². The van der Waals surface area contributed by atoms with Crippen molar-refractivity contribution in [2.45, 2.75) is 40.5 Å². The Labute approximate surface area is 104 Å². The summed E-state index contributed by atoms with van der Waals surface area (Å²) in [6, 6.07) is 4.58. The topological polar surface area (TPSA) is 12.0 Å². The molecule has 92 valence electrons. The van der Waals surface area contributed by atoms with Crippen molar-refractivity contribution in [2.24, 2.45) is 11.8 Å². The van der Waals surface area contributed by atoms with Crippen LogP contribution in [-0.4, -0.2) is 13.1 Å². The van der Waals surface area contributed by atoms with Gasteiger partial charge in [0, 0.05) is 9.75 Å². The zero-order chi connectivity index (χ0) is 12.0. The minimum atomic E-state index is 0.757. The lowest BCUT2D eigenvalue weighted by molar-refractivity contribution is 0.370. The maximum absolute atomic E-state index is 3.43. The normalized spacial score (nSPS) is 15.0. The first-order chi connectivity index (χ1) is 7.67. The summed E-state index contributed by atoms with van der Waals surface area (Å²) < 4.78 is 0. The van der Waals surface area contributed by atoms with E-state index in [1.807, 2.05) is 11.3 Å². The first-order valence-electron chi connectivity index (χ1n) is 6.45. The second kappa shape index (κ2) is 7.08. The van der Waals surface area contributed by atoms with Crippen molar-refractivity contribution >= 4 is 11.3 Å². The van der Waals surface area contributed by atoms with Crippen LogP contribution in [0.4, 0.5) is 0 Å². The van der Waals surface area contributed by atoms with E-state index in [1.54, 1.807) is 4.88 Å². The first kappa shape index (κ1) is 13.7. The Kier molecular flexibility index (Phi) is 6.07. The van der Waals surface area contributed by atoms with Gasteiger partial charge in [-0.1, -0.05) is 27.7 Å². The highest BCUT2D eigenvalue weighted by atomic mass is 32.1. The predicted octanol–water partition coefficient (Wildman–Crippen LogP) is 3.73. The van der Waals surface area contributed by atoms with Gasteiger partial charge < -0.3 is 5.32 Å². The Hall–Kier alpha value is -0.340. The molecule has 1 heterocycles. The molecule has 2 heteroatoms. The van der Waals surface area contributed by atoms with Crippen LogP contribution in [0.2, 0.25) is 0 Å². The Morgan fingerprint density at radius 3 is 2.38 bits per heavy atom. The largest absolute Gasteiger partial charge is 0.317 e. The maximum Gasteiger partial charge on any atom is 0.00509 e. The van der Waals surface area contributed by atoms with E-state index in [9.17, 15) is 0 Å². The molecule has 2 atom stereocenters. The highest BCUT2D eigenvalue weighted by molar-refractivity contribution is 7.11. The van der Waals surface area contributed by atoms with E-state index in [4.69, 9.17) is 0 Å². The first-order valence-corrected chi connectivity index (χ1v) is 7.27. The van der Waals surface area contributed by atoms with Crippen molar-refractivity contribution in [3.8, 4) is 0 Å². The molecule has 0 radical (unpaired) electrons.